The van der Waals surface area contributed by atoms with E-state index in [4.69, 9.17) is 27.9 Å². The third kappa shape index (κ3) is 4.94. The number of allylic oxidation sites excluding steroid dienone is 1. The predicted molar refractivity (Wildman–Crippen MR) is 117 cm³/mol. The standard InChI is InChI=1S/C24H22Cl2O/c1-2-27-22-14-10-20(11-15-22)24(19-8-12-21(26)13-9-19)23(16-17-25)18-6-4-3-5-7-18/h3-15H,2,16-17H2,1H3. The number of rotatable bonds is 7. The topological polar surface area (TPSA) is 9.23 Å². The lowest BCUT2D eigenvalue weighted by molar-refractivity contribution is 0.340. The van der Waals surface area contributed by atoms with Crippen LogP contribution in [0.15, 0.2) is 78.9 Å². The number of hydrogen-bond donors (Lipinski definition) is 0. The molecule has 1 nitrogen and oxygen atoms in total. The van der Waals surface area contributed by atoms with E-state index in [1.54, 1.807) is 0 Å². The summed E-state index contributed by atoms with van der Waals surface area (Å²) < 4.78 is 5.60. The average Bonchev–Trinajstić information content (AvgIpc) is 2.71. The highest BCUT2D eigenvalue weighted by Gasteiger charge is 2.14. The van der Waals surface area contributed by atoms with Gasteiger partial charge in [0.25, 0.3) is 0 Å². The normalized spacial score (nSPS) is 11.8. The van der Waals surface area contributed by atoms with Crippen LogP contribution in [-0.2, 0) is 0 Å². The lowest BCUT2D eigenvalue weighted by Gasteiger charge is -2.17. The summed E-state index contributed by atoms with van der Waals surface area (Å²) in [6.45, 7) is 2.64. The lowest BCUT2D eigenvalue weighted by Crippen LogP contribution is -1.97. The molecule has 3 rings (SSSR count). The van der Waals surface area contributed by atoms with Crippen molar-refractivity contribution in [3.63, 3.8) is 0 Å². The zero-order valence-corrected chi connectivity index (χ0v) is 16.8. The van der Waals surface area contributed by atoms with E-state index in [-0.39, 0.29) is 0 Å². The SMILES string of the molecule is CCOc1ccc(C(=C(CCCl)c2ccccc2)c2ccc(Cl)cc2)cc1. The van der Waals surface area contributed by atoms with E-state index in [1.165, 1.54) is 16.7 Å². The summed E-state index contributed by atoms with van der Waals surface area (Å²) in [4.78, 5) is 0. The van der Waals surface area contributed by atoms with E-state index in [0.29, 0.717) is 12.5 Å². The molecule has 0 N–H and O–H groups in total. The maximum Gasteiger partial charge on any atom is 0.119 e. The van der Waals surface area contributed by atoms with Crippen molar-refractivity contribution >= 4 is 34.3 Å². The number of alkyl halides is 1. The van der Waals surface area contributed by atoms with Crippen molar-refractivity contribution in [1.29, 1.82) is 0 Å². The fourth-order valence-corrected chi connectivity index (χ4v) is 3.48. The molecule has 0 aliphatic carbocycles. The summed E-state index contributed by atoms with van der Waals surface area (Å²) in [6, 6.07) is 26.6. The summed E-state index contributed by atoms with van der Waals surface area (Å²) >= 11 is 12.3. The smallest absolute Gasteiger partial charge is 0.119 e. The van der Waals surface area contributed by atoms with Gasteiger partial charge in [0.2, 0.25) is 0 Å². The maximum atomic E-state index is 6.18. The molecule has 0 aliphatic heterocycles. The van der Waals surface area contributed by atoms with E-state index in [1.807, 2.05) is 37.3 Å². The van der Waals surface area contributed by atoms with Gasteiger partial charge in [-0.1, -0.05) is 66.2 Å². The van der Waals surface area contributed by atoms with Crippen molar-refractivity contribution in [2.75, 3.05) is 12.5 Å². The van der Waals surface area contributed by atoms with Crippen molar-refractivity contribution in [3.05, 3.63) is 101 Å². The van der Waals surface area contributed by atoms with Crippen LogP contribution < -0.4 is 4.74 Å². The minimum atomic E-state index is 0.554. The van der Waals surface area contributed by atoms with E-state index >= 15 is 0 Å². The van der Waals surface area contributed by atoms with E-state index in [0.717, 1.165) is 28.3 Å². The Bertz CT molecular complexity index is 882. The minimum absolute atomic E-state index is 0.554. The number of halogens is 2. The van der Waals surface area contributed by atoms with Gasteiger partial charge in [-0.05, 0) is 65.4 Å². The number of ether oxygens (including phenoxy) is 1. The molecular weight excluding hydrogens is 375 g/mol. The van der Waals surface area contributed by atoms with Crippen LogP contribution in [0.2, 0.25) is 5.02 Å². The first-order chi connectivity index (χ1) is 13.2. The average molecular weight is 397 g/mol. The van der Waals surface area contributed by atoms with Crippen LogP contribution in [0.5, 0.6) is 5.75 Å². The van der Waals surface area contributed by atoms with Crippen LogP contribution in [0, 0.1) is 0 Å². The van der Waals surface area contributed by atoms with E-state index < -0.39 is 0 Å². The molecule has 0 atom stereocenters. The van der Waals surface area contributed by atoms with Crippen LogP contribution in [0.4, 0.5) is 0 Å². The molecule has 0 fully saturated rings. The third-order valence-electron chi connectivity index (χ3n) is 4.36. The van der Waals surface area contributed by atoms with Gasteiger partial charge in [-0.15, -0.1) is 11.6 Å². The zero-order chi connectivity index (χ0) is 19.1. The van der Waals surface area contributed by atoms with Gasteiger partial charge in [0, 0.05) is 10.9 Å². The third-order valence-corrected chi connectivity index (χ3v) is 4.80. The largest absolute Gasteiger partial charge is 0.494 e. The molecule has 0 heterocycles. The van der Waals surface area contributed by atoms with Crippen LogP contribution in [0.3, 0.4) is 0 Å². The van der Waals surface area contributed by atoms with Gasteiger partial charge in [-0.3, -0.25) is 0 Å². The van der Waals surface area contributed by atoms with Gasteiger partial charge in [0.15, 0.2) is 0 Å². The summed E-state index contributed by atoms with van der Waals surface area (Å²) in [5.41, 5.74) is 5.81. The lowest BCUT2D eigenvalue weighted by atomic mass is 9.88. The summed E-state index contributed by atoms with van der Waals surface area (Å²) in [5.74, 6) is 1.42. The molecular formula is C24H22Cl2O. The molecule has 27 heavy (non-hydrogen) atoms. The van der Waals surface area contributed by atoms with Gasteiger partial charge in [0.05, 0.1) is 6.61 Å². The molecule has 0 radical (unpaired) electrons. The summed E-state index contributed by atoms with van der Waals surface area (Å²) in [6.07, 6.45) is 0.775. The van der Waals surface area contributed by atoms with Crippen molar-refractivity contribution in [2.24, 2.45) is 0 Å². The Morgan fingerprint density at radius 1 is 0.778 bits per heavy atom. The Balaban J connectivity index is 2.20. The molecule has 0 unspecified atom stereocenters. The molecule has 0 saturated heterocycles. The molecule has 0 spiro atoms. The Hall–Kier alpha value is -2.22. The van der Waals surface area contributed by atoms with Crippen molar-refractivity contribution in [1.82, 2.24) is 0 Å². The summed E-state index contributed by atoms with van der Waals surface area (Å²) in [5, 5.41) is 0.725. The fraction of sp³-hybridized carbons (Fsp3) is 0.167. The Kier molecular flexibility index (Phi) is 6.98. The Morgan fingerprint density at radius 2 is 1.37 bits per heavy atom. The quantitative estimate of drug-likeness (QED) is 0.300. The molecule has 0 bridgehead atoms. The minimum Gasteiger partial charge on any atom is -0.494 e. The molecule has 0 aliphatic rings. The number of benzene rings is 3. The highest BCUT2D eigenvalue weighted by Crippen LogP contribution is 2.35. The van der Waals surface area contributed by atoms with E-state index in [2.05, 4.69) is 48.5 Å². The molecule has 0 saturated carbocycles. The van der Waals surface area contributed by atoms with Crippen molar-refractivity contribution in [3.8, 4) is 5.75 Å². The molecule has 3 heteroatoms. The highest BCUT2D eigenvalue weighted by atomic mass is 35.5. The fourth-order valence-electron chi connectivity index (χ4n) is 3.16. The van der Waals surface area contributed by atoms with Gasteiger partial charge < -0.3 is 4.74 Å². The van der Waals surface area contributed by atoms with E-state index in [9.17, 15) is 0 Å². The first-order valence-electron chi connectivity index (χ1n) is 9.06. The molecule has 0 aromatic heterocycles. The Labute approximate surface area is 171 Å². The summed E-state index contributed by atoms with van der Waals surface area (Å²) in [7, 11) is 0. The zero-order valence-electron chi connectivity index (χ0n) is 15.3. The van der Waals surface area contributed by atoms with Gasteiger partial charge >= 0.3 is 0 Å². The second kappa shape index (κ2) is 9.64. The maximum absolute atomic E-state index is 6.18. The molecule has 138 valence electrons. The second-order valence-electron chi connectivity index (χ2n) is 6.12. The first kappa shape index (κ1) is 19.5. The van der Waals surface area contributed by atoms with Crippen LogP contribution in [0.25, 0.3) is 11.1 Å². The molecule has 3 aromatic carbocycles. The van der Waals surface area contributed by atoms with Crippen LogP contribution in [-0.4, -0.2) is 12.5 Å². The number of hydrogen-bond acceptors (Lipinski definition) is 1. The first-order valence-corrected chi connectivity index (χ1v) is 9.98. The monoisotopic (exact) mass is 396 g/mol. The Morgan fingerprint density at radius 3 is 1.93 bits per heavy atom. The second-order valence-corrected chi connectivity index (χ2v) is 6.94. The van der Waals surface area contributed by atoms with Crippen molar-refractivity contribution in [2.45, 2.75) is 13.3 Å². The van der Waals surface area contributed by atoms with Gasteiger partial charge in [-0.25, -0.2) is 0 Å². The highest BCUT2D eigenvalue weighted by molar-refractivity contribution is 6.30. The van der Waals surface area contributed by atoms with Crippen LogP contribution in [0.1, 0.15) is 30.0 Å². The molecule has 3 aromatic rings. The van der Waals surface area contributed by atoms with Crippen molar-refractivity contribution < 1.29 is 4.74 Å². The molecule has 0 amide bonds. The van der Waals surface area contributed by atoms with Gasteiger partial charge in [-0.2, -0.15) is 0 Å². The predicted octanol–water partition coefficient (Wildman–Crippen LogP) is 7.33. The van der Waals surface area contributed by atoms with Gasteiger partial charge in [0.1, 0.15) is 5.75 Å². The van der Waals surface area contributed by atoms with Crippen LogP contribution >= 0.6 is 23.2 Å².